The molecule has 2 aromatic carbocycles. The van der Waals surface area contributed by atoms with E-state index in [0.29, 0.717) is 18.2 Å². The van der Waals surface area contributed by atoms with Gasteiger partial charge in [-0.25, -0.2) is 9.97 Å². The van der Waals surface area contributed by atoms with Crippen LogP contribution in [0.1, 0.15) is 30.9 Å². The van der Waals surface area contributed by atoms with E-state index in [-0.39, 0.29) is 11.8 Å². The Morgan fingerprint density at radius 3 is 2.71 bits per heavy atom. The molecule has 1 atom stereocenters. The van der Waals surface area contributed by atoms with Gasteiger partial charge in [-0.05, 0) is 49.9 Å². The fourth-order valence-corrected chi connectivity index (χ4v) is 3.89. The molecule has 1 aromatic heterocycles. The third-order valence-corrected chi connectivity index (χ3v) is 5.63. The lowest BCUT2D eigenvalue weighted by molar-refractivity contribution is -0.120. The first kappa shape index (κ1) is 20.8. The lowest BCUT2D eigenvalue weighted by Crippen LogP contribution is -2.41. The van der Waals surface area contributed by atoms with Crippen molar-refractivity contribution in [3.05, 3.63) is 72.1 Å². The van der Waals surface area contributed by atoms with E-state index in [4.69, 9.17) is 4.74 Å². The number of piperidine rings is 1. The summed E-state index contributed by atoms with van der Waals surface area (Å²) in [5.41, 5.74) is 3.21. The molecule has 2 heterocycles. The van der Waals surface area contributed by atoms with Gasteiger partial charge in [-0.15, -0.1) is 0 Å². The minimum Gasteiger partial charge on any atom is -0.436 e. The maximum atomic E-state index is 13.0. The monoisotopic (exact) mass is 416 g/mol. The molecule has 1 saturated heterocycles. The van der Waals surface area contributed by atoms with Gasteiger partial charge in [0.2, 0.25) is 5.91 Å². The van der Waals surface area contributed by atoms with Crippen molar-refractivity contribution in [2.24, 2.45) is 5.92 Å². The van der Waals surface area contributed by atoms with Crippen LogP contribution in [0.15, 0.2) is 60.9 Å². The van der Waals surface area contributed by atoms with Crippen LogP contribution in [0.3, 0.4) is 0 Å². The fourth-order valence-electron chi connectivity index (χ4n) is 3.89. The van der Waals surface area contributed by atoms with Crippen LogP contribution in [0.25, 0.3) is 0 Å². The highest BCUT2D eigenvalue weighted by atomic mass is 16.5. The van der Waals surface area contributed by atoms with Gasteiger partial charge in [0.25, 0.3) is 5.88 Å². The maximum Gasteiger partial charge on any atom is 0.263 e. The van der Waals surface area contributed by atoms with E-state index in [1.807, 2.05) is 49.4 Å². The minimum absolute atomic E-state index is 0.0514. The molecule has 0 bridgehead atoms. The predicted molar refractivity (Wildman–Crippen MR) is 123 cm³/mol. The summed E-state index contributed by atoms with van der Waals surface area (Å²) >= 11 is 0. The second-order valence-corrected chi connectivity index (χ2v) is 7.89. The van der Waals surface area contributed by atoms with Crippen molar-refractivity contribution < 1.29 is 9.53 Å². The molecule has 0 radical (unpaired) electrons. The number of rotatable bonds is 6. The van der Waals surface area contributed by atoms with E-state index in [9.17, 15) is 4.79 Å². The Labute approximate surface area is 183 Å². The van der Waals surface area contributed by atoms with Gasteiger partial charge in [0, 0.05) is 31.2 Å². The topological polar surface area (TPSA) is 67.4 Å². The highest BCUT2D eigenvalue weighted by Crippen LogP contribution is 2.31. The summed E-state index contributed by atoms with van der Waals surface area (Å²) in [7, 11) is 0. The maximum absolute atomic E-state index is 13.0. The molecule has 0 aliphatic carbocycles. The summed E-state index contributed by atoms with van der Waals surface area (Å²) in [5.74, 6) is 1.79. The summed E-state index contributed by atoms with van der Waals surface area (Å²) in [6.45, 7) is 5.54. The largest absolute Gasteiger partial charge is 0.436 e. The third-order valence-electron chi connectivity index (χ3n) is 5.63. The molecule has 31 heavy (non-hydrogen) atoms. The number of aryl methyl sites for hydroxylation is 2. The predicted octanol–water partition coefficient (Wildman–Crippen LogP) is 4.99. The van der Waals surface area contributed by atoms with Gasteiger partial charge in [-0.3, -0.25) is 4.79 Å². The molecule has 160 valence electrons. The zero-order valence-electron chi connectivity index (χ0n) is 18.0. The third kappa shape index (κ3) is 5.02. The number of carbonyl (C=O) groups is 1. The first-order chi connectivity index (χ1) is 15.1. The van der Waals surface area contributed by atoms with E-state index in [0.717, 1.165) is 42.8 Å². The van der Waals surface area contributed by atoms with Crippen molar-refractivity contribution in [3.63, 3.8) is 0 Å². The summed E-state index contributed by atoms with van der Waals surface area (Å²) < 4.78 is 6.02. The van der Waals surface area contributed by atoms with Crippen LogP contribution in [0.2, 0.25) is 0 Å². The number of carbonyl (C=O) groups excluding carboxylic acids is 1. The van der Waals surface area contributed by atoms with Crippen molar-refractivity contribution in [1.82, 2.24) is 9.97 Å². The number of amides is 1. The number of benzene rings is 2. The number of ether oxygens (including phenoxy) is 1. The molecular formula is C25H28N4O2. The van der Waals surface area contributed by atoms with Crippen molar-refractivity contribution in [2.75, 3.05) is 23.3 Å². The van der Waals surface area contributed by atoms with Gasteiger partial charge in [0.15, 0.2) is 5.82 Å². The standard InChI is InChI=1S/C25H28N4O2/c1-3-19-7-4-5-9-22(19)28-24(30)20-8-6-16-29(17-20)23-25(27-15-14-26-23)31-21-12-10-18(2)11-13-21/h4-5,7,9-15,20H,3,6,8,16-17H2,1-2H3,(H,28,30)/t20-/m1/s1. The number of hydrogen-bond donors (Lipinski definition) is 1. The van der Waals surface area contributed by atoms with E-state index in [2.05, 4.69) is 33.2 Å². The Kier molecular flexibility index (Phi) is 6.46. The van der Waals surface area contributed by atoms with Gasteiger partial charge in [0.05, 0.1) is 5.92 Å². The van der Waals surface area contributed by atoms with Crippen LogP contribution >= 0.6 is 0 Å². The van der Waals surface area contributed by atoms with Gasteiger partial charge in [-0.2, -0.15) is 0 Å². The molecule has 0 unspecified atom stereocenters. The van der Waals surface area contributed by atoms with Crippen LogP contribution in [0.4, 0.5) is 11.5 Å². The molecule has 1 fully saturated rings. The number of nitrogens with zero attached hydrogens (tertiary/aromatic N) is 3. The highest BCUT2D eigenvalue weighted by Gasteiger charge is 2.29. The Hall–Kier alpha value is -3.41. The highest BCUT2D eigenvalue weighted by molar-refractivity contribution is 5.93. The first-order valence-electron chi connectivity index (χ1n) is 10.8. The SMILES string of the molecule is CCc1ccccc1NC(=O)[C@@H]1CCCN(c2nccnc2Oc2ccc(C)cc2)C1. The zero-order valence-corrected chi connectivity index (χ0v) is 18.0. The van der Waals surface area contributed by atoms with E-state index in [1.54, 1.807) is 12.4 Å². The van der Waals surface area contributed by atoms with Gasteiger partial charge >= 0.3 is 0 Å². The van der Waals surface area contributed by atoms with Crippen molar-refractivity contribution in [2.45, 2.75) is 33.1 Å². The molecule has 6 nitrogen and oxygen atoms in total. The smallest absolute Gasteiger partial charge is 0.263 e. The van der Waals surface area contributed by atoms with Crippen molar-refractivity contribution >= 4 is 17.4 Å². The quantitative estimate of drug-likeness (QED) is 0.613. The van der Waals surface area contributed by atoms with E-state index < -0.39 is 0 Å². The second-order valence-electron chi connectivity index (χ2n) is 7.89. The summed E-state index contributed by atoms with van der Waals surface area (Å²) in [6, 6.07) is 15.8. The summed E-state index contributed by atoms with van der Waals surface area (Å²) in [4.78, 5) is 24.1. The molecule has 1 aliphatic heterocycles. The van der Waals surface area contributed by atoms with Gasteiger partial charge in [0.1, 0.15) is 5.75 Å². The average molecular weight is 417 g/mol. The Morgan fingerprint density at radius 2 is 1.90 bits per heavy atom. The number of para-hydroxylation sites is 1. The molecule has 6 heteroatoms. The van der Waals surface area contributed by atoms with Crippen LogP contribution in [0.5, 0.6) is 11.6 Å². The zero-order chi connectivity index (χ0) is 21.6. The molecule has 1 aliphatic rings. The Morgan fingerprint density at radius 1 is 1.13 bits per heavy atom. The van der Waals surface area contributed by atoms with E-state index in [1.165, 1.54) is 5.56 Å². The summed E-state index contributed by atoms with van der Waals surface area (Å²) in [6.07, 6.45) is 5.94. The fraction of sp³-hybridized carbons (Fsp3) is 0.320. The van der Waals surface area contributed by atoms with Crippen molar-refractivity contribution in [1.29, 1.82) is 0 Å². The number of aromatic nitrogens is 2. The molecule has 0 saturated carbocycles. The number of nitrogens with one attached hydrogen (secondary N) is 1. The number of hydrogen-bond acceptors (Lipinski definition) is 5. The molecule has 3 aromatic rings. The average Bonchev–Trinajstić information content (AvgIpc) is 2.81. The Bertz CT molecular complexity index is 1040. The normalized spacial score (nSPS) is 16.1. The van der Waals surface area contributed by atoms with Crippen LogP contribution in [0, 0.1) is 12.8 Å². The van der Waals surface area contributed by atoms with Crippen LogP contribution < -0.4 is 15.0 Å². The van der Waals surface area contributed by atoms with Gasteiger partial charge in [-0.1, -0.05) is 42.8 Å². The lowest BCUT2D eigenvalue weighted by Gasteiger charge is -2.33. The molecule has 1 N–H and O–H groups in total. The van der Waals surface area contributed by atoms with Crippen molar-refractivity contribution in [3.8, 4) is 11.6 Å². The van der Waals surface area contributed by atoms with Gasteiger partial charge < -0.3 is 15.0 Å². The minimum atomic E-state index is -0.118. The van der Waals surface area contributed by atoms with E-state index >= 15 is 0 Å². The number of anilines is 2. The Balaban J connectivity index is 1.48. The van der Waals surface area contributed by atoms with Crippen LogP contribution in [-0.2, 0) is 11.2 Å². The summed E-state index contributed by atoms with van der Waals surface area (Å²) in [5, 5.41) is 3.13. The second kappa shape index (κ2) is 9.60. The van der Waals surface area contributed by atoms with Crippen LogP contribution in [-0.4, -0.2) is 29.0 Å². The molecule has 1 amide bonds. The molecule has 4 rings (SSSR count). The molecule has 0 spiro atoms. The molecular weight excluding hydrogens is 388 g/mol. The lowest BCUT2D eigenvalue weighted by atomic mass is 9.96. The first-order valence-corrected chi connectivity index (χ1v) is 10.8.